The molecule has 1 N–H and O–H groups in total. The lowest BCUT2D eigenvalue weighted by atomic mass is 9.79. The molecule has 1 aliphatic heterocycles. The molecule has 0 saturated carbocycles. The third kappa shape index (κ3) is 1.54. The van der Waals surface area contributed by atoms with E-state index in [4.69, 9.17) is 4.74 Å². The van der Waals surface area contributed by atoms with E-state index in [1.165, 1.54) is 0 Å². The van der Waals surface area contributed by atoms with E-state index in [0.717, 1.165) is 10.9 Å². The van der Waals surface area contributed by atoms with Gasteiger partial charge in [0, 0.05) is 10.9 Å². The Morgan fingerprint density at radius 1 is 1.39 bits per heavy atom. The first-order valence-corrected chi connectivity index (χ1v) is 6.30. The predicted molar refractivity (Wildman–Crippen MR) is 69.6 cm³/mol. The fourth-order valence-corrected chi connectivity index (χ4v) is 2.81. The van der Waals surface area contributed by atoms with Gasteiger partial charge in [-0.25, -0.2) is 4.98 Å². The third-order valence-electron chi connectivity index (χ3n) is 3.30. The fraction of sp³-hybridized carbons (Fsp3) is 0.231. The molecule has 18 heavy (non-hydrogen) atoms. The Hall–Kier alpha value is -1.46. The number of aliphatic carboxylic acids is 1. The lowest BCUT2D eigenvalue weighted by Crippen LogP contribution is -2.53. The summed E-state index contributed by atoms with van der Waals surface area (Å²) in [5.74, 6) is -0.869. The summed E-state index contributed by atoms with van der Waals surface area (Å²) in [7, 11) is 0. The largest absolute Gasteiger partial charge is 0.480 e. The zero-order chi connectivity index (χ0) is 12.8. The zero-order valence-corrected chi connectivity index (χ0v) is 11.0. The van der Waals surface area contributed by atoms with E-state index in [1.54, 1.807) is 0 Å². The van der Waals surface area contributed by atoms with Gasteiger partial charge in [0.05, 0.1) is 18.7 Å². The Labute approximate surface area is 112 Å². The van der Waals surface area contributed by atoms with Crippen molar-refractivity contribution in [2.75, 3.05) is 13.2 Å². The summed E-state index contributed by atoms with van der Waals surface area (Å²) in [6.07, 6.45) is 0. The van der Waals surface area contributed by atoms with E-state index in [0.29, 0.717) is 10.2 Å². The molecule has 92 valence electrons. The molecule has 4 nitrogen and oxygen atoms in total. The second kappa shape index (κ2) is 4.03. The molecule has 2 aromatic rings. The Morgan fingerprint density at radius 3 is 2.72 bits per heavy atom. The molecule has 1 fully saturated rings. The van der Waals surface area contributed by atoms with Crippen LogP contribution in [0.2, 0.25) is 0 Å². The van der Waals surface area contributed by atoms with Crippen LogP contribution in [0, 0.1) is 0 Å². The number of pyridine rings is 1. The van der Waals surface area contributed by atoms with Crippen LogP contribution in [-0.2, 0) is 14.9 Å². The average Bonchev–Trinajstić information content (AvgIpc) is 2.27. The fourth-order valence-electron chi connectivity index (χ4n) is 2.13. The van der Waals surface area contributed by atoms with Crippen LogP contribution in [0.4, 0.5) is 0 Å². The molecule has 2 heterocycles. The van der Waals surface area contributed by atoms with Crippen molar-refractivity contribution in [3.63, 3.8) is 0 Å². The van der Waals surface area contributed by atoms with Crippen LogP contribution in [0.15, 0.2) is 34.9 Å². The number of rotatable bonds is 2. The van der Waals surface area contributed by atoms with Crippen LogP contribution in [0.1, 0.15) is 5.56 Å². The van der Waals surface area contributed by atoms with E-state index < -0.39 is 11.4 Å². The van der Waals surface area contributed by atoms with Crippen LogP contribution in [0.25, 0.3) is 10.9 Å². The van der Waals surface area contributed by atoms with Gasteiger partial charge in [-0.2, -0.15) is 0 Å². The highest BCUT2D eigenvalue weighted by Crippen LogP contribution is 2.37. The molecule has 5 heteroatoms. The van der Waals surface area contributed by atoms with E-state index in [1.807, 2.05) is 30.3 Å². The maximum atomic E-state index is 11.5. The minimum atomic E-state index is -0.962. The number of aromatic nitrogens is 1. The number of halogens is 1. The predicted octanol–water partition coefficient (Wildman–Crippen LogP) is 2.35. The molecular formula is C13H10BrNO3. The summed E-state index contributed by atoms with van der Waals surface area (Å²) in [6.45, 7) is 0.391. The molecule has 3 rings (SSSR count). The molecule has 1 aliphatic rings. The molecule has 0 bridgehead atoms. The Bertz CT molecular complexity index is 637. The van der Waals surface area contributed by atoms with E-state index >= 15 is 0 Å². The summed E-state index contributed by atoms with van der Waals surface area (Å²) in [5.41, 5.74) is 0.560. The van der Waals surface area contributed by atoms with Gasteiger partial charge in [0.2, 0.25) is 0 Å². The third-order valence-corrected chi connectivity index (χ3v) is 3.90. The highest BCUT2D eigenvalue weighted by molar-refractivity contribution is 9.10. The number of carbonyl (C=O) groups is 1. The van der Waals surface area contributed by atoms with Gasteiger partial charge >= 0.3 is 5.97 Å². The Kier molecular flexibility index (Phi) is 2.60. The van der Waals surface area contributed by atoms with Crippen LogP contribution in [0.3, 0.4) is 0 Å². The SMILES string of the molecule is O=C(O)C1(c2cc3ccccc3nc2Br)COC1. The van der Waals surface area contributed by atoms with E-state index in [9.17, 15) is 9.90 Å². The monoisotopic (exact) mass is 307 g/mol. The van der Waals surface area contributed by atoms with Gasteiger partial charge in [-0.05, 0) is 28.1 Å². The van der Waals surface area contributed by atoms with Gasteiger partial charge in [-0.3, -0.25) is 4.79 Å². The standard InChI is InChI=1S/C13H10BrNO3/c14-11-9(13(12(16)17)6-18-7-13)5-8-3-1-2-4-10(8)15-11/h1-5H,6-7H2,(H,16,17). The van der Waals surface area contributed by atoms with Crippen molar-refractivity contribution in [1.82, 2.24) is 4.98 Å². The molecule has 0 radical (unpaired) electrons. The molecule has 0 atom stereocenters. The quantitative estimate of drug-likeness (QED) is 0.865. The minimum Gasteiger partial charge on any atom is -0.480 e. The van der Waals surface area contributed by atoms with Crippen molar-refractivity contribution in [2.24, 2.45) is 0 Å². The molecule has 0 aliphatic carbocycles. The number of carboxylic acid groups (broad SMARTS) is 1. The second-order valence-electron chi connectivity index (χ2n) is 4.40. The van der Waals surface area contributed by atoms with Gasteiger partial charge < -0.3 is 9.84 Å². The molecular weight excluding hydrogens is 298 g/mol. The molecule has 0 unspecified atom stereocenters. The van der Waals surface area contributed by atoms with Crippen LogP contribution >= 0.6 is 15.9 Å². The highest BCUT2D eigenvalue weighted by Gasteiger charge is 2.49. The van der Waals surface area contributed by atoms with Crippen LogP contribution in [-0.4, -0.2) is 29.3 Å². The molecule has 0 amide bonds. The Morgan fingerprint density at radius 2 is 2.11 bits per heavy atom. The lowest BCUT2D eigenvalue weighted by Gasteiger charge is -2.38. The number of carboxylic acids is 1. The number of hydrogen-bond acceptors (Lipinski definition) is 3. The molecule has 1 aromatic carbocycles. The van der Waals surface area contributed by atoms with Crippen molar-refractivity contribution in [2.45, 2.75) is 5.41 Å². The van der Waals surface area contributed by atoms with Crippen LogP contribution < -0.4 is 0 Å². The number of ether oxygens (including phenoxy) is 1. The maximum absolute atomic E-state index is 11.5. The highest BCUT2D eigenvalue weighted by atomic mass is 79.9. The van der Waals surface area contributed by atoms with Crippen molar-refractivity contribution >= 4 is 32.8 Å². The normalized spacial score (nSPS) is 17.4. The number of nitrogens with zero attached hydrogens (tertiary/aromatic N) is 1. The molecule has 0 spiro atoms. The van der Waals surface area contributed by atoms with E-state index in [-0.39, 0.29) is 13.2 Å². The summed E-state index contributed by atoms with van der Waals surface area (Å²) < 4.78 is 5.67. The minimum absolute atomic E-state index is 0.195. The van der Waals surface area contributed by atoms with Gasteiger partial charge in [0.15, 0.2) is 0 Å². The number of benzene rings is 1. The summed E-state index contributed by atoms with van der Waals surface area (Å²) >= 11 is 3.37. The van der Waals surface area contributed by atoms with Crippen molar-refractivity contribution < 1.29 is 14.6 Å². The van der Waals surface area contributed by atoms with Crippen LogP contribution in [0.5, 0.6) is 0 Å². The number of hydrogen-bond donors (Lipinski definition) is 1. The van der Waals surface area contributed by atoms with Crippen molar-refractivity contribution in [3.05, 3.63) is 40.5 Å². The van der Waals surface area contributed by atoms with E-state index in [2.05, 4.69) is 20.9 Å². The second-order valence-corrected chi connectivity index (χ2v) is 5.15. The van der Waals surface area contributed by atoms with Gasteiger partial charge in [-0.15, -0.1) is 0 Å². The lowest BCUT2D eigenvalue weighted by molar-refractivity contribution is -0.163. The first-order chi connectivity index (χ1) is 8.63. The summed E-state index contributed by atoms with van der Waals surface area (Å²) in [4.78, 5) is 15.9. The average molecular weight is 308 g/mol. The summed E-state index contributed by atoms with van der Waals surface area (Å²) in [6, 6.07) is 9.51. The van der Waals surface area contributed by atoms with Gasteiger partial charge in [0.25, 0.3) is 0 Å². The Balaban J connectivity index is 2.23. The number of para-hydroxylation sites is 1. The first kappa shape index (κ1) is 11.6. The maximum Gasteiger partial charge on any atom is 0.318 e. The van der Waals surface area contributed by atoms with Gasteiger partial charge in [-0.1, -0.05) is 18.2 Å². The smallest absolute Gasteiger partial charge is 0.318 e. The summed E-state index contributed by atoms with van der Waals surface area (Å²) in [5, 5.41) is 10.3. The first-order valence-electron chi connectivity index (χ1n) is 5.50. The van der Waals surface area contributed by atoms with Gasteiger partial charge in [0.1, 0.15) is 10.0 Å². The zero-order valence-electron chi connectivity index (χ0n) is 9.39. The molecule has 1 saturated heterocycles. The number of fused-ring (bicyclic) bond motifs is 1. The van der Waals surface area contributed by atoms with Crippen molar-refractivity contribution in [1.29, 1.82) is 0 Å². The van der Waals surface area contributed by atoms with Crippen molar-refractivity contribution in [3.8, 4) is 0 Å². The topological polar surface area (TPSA) is 59.4 Å². The molecule has 1 aromatic heterocycles.